The van der Waals surface area contributed by atoms with E-state index in [1.54, 1.807) is 0 Å². The first-order valence-electron chi connectivity index (χ1n) is 7.12. The lowest BCUT2D eigenvalue weighted by atomic mass is 10.0. The van der Waals surface area contributed by atoms with Crippen LogP contribution in [0.1, 0.15) is 19.3 Å². The summed E-state index contributed by atoms with van der Waals surface area (Å²) in [5.74, 6) is 0.562. The van der Waals surface area contributed by atoms with Crippen molar-refractivity contribution in [3.8, 4) is 0 Å². The van der Waals surface area contributed by atoms with Crippen LogP contribution in [0.4, 0.5) is 0 Å². The molecular weight excluding hydrogens is 214 g/mol. The maximum Gasteiger partial charge on any atom is 0.0621 e. The van der Waals surface area contributed by atoms with Crippen LogP contribution >= 0.6 is 0 Å². The summed E-state index contributed by atoms with van der Waals surface area (Å²) in [4.78, 5) is 5.28. The predicted molar refractivity (Wildman–Crippen MR) is 67.9 cm³/mol. The first-order valence-corrected chi connectivity index (χ1v) is 7.12. The Morgan fingerprint density at radius 1 is 1.12 bits per heavy atom. The van der Waals surface area contributed by atoms with Crippen molar-refractivity contribution in [3.05, 3.63) is 0 Å². The summed E-state index contributed by atoms with van der Waals surface area (Å²) in [6, 6.07) is 1.08. The second-order valence-corrected chi connectivity index (χ2v) is 5.91. The molecule has 2 N–H and O–H groups in total. The van der Waals surface area contributed by atoms with Crippen molar-refractivity contribution in [2.75, 3.05) is 45.9 Å². The van der Waals surface area contributed by atoms with Crippen molar-refractivity contribution in [2.45, 2.75) is 31.3 Å². The summed E-state index contributed by atoms with van der Waals surface area (Å²) in [5, 5.41) is 0. The lowest BCUT2D eigenvalue weighted by Gasteiger charge is -2.25. The van der Waals surface area contributed by atoms with Gasteiger partial charge in [-0.2, -0.15) is 0 Å². The molecule has 3 heterocycles. The highest BCUT2D eigenvalue weighted by molar-refractivity contribution is 4.88. The summed E-state index contributed by atoms with van der Waals surface area (Å²) in [6.45, 7) is 7.92. The summed E-state index contributed by atoms with van der Waals surface area (Å²) >= 11 is 0. The first kappa shape index (κ1) is 11.9. The van der Waals surface area contributed by atoms with Crippen LogP contribution in [-0.4, -0.2) is 67.8 Å². The Morgan fingerprint density at radius 2 is 1.94 bits per heavy atom. The van der Waals surface area contributed by atoms with Gasteiger partial charge in [0.15, 0.2) is 0 Å². The van der Waals surface area contributed by atoms with Crippen molar-refractivity contribution in [1.82, 2.24) is 9.80 Å². The third-order valence-corrected chi connectivity index (χ3v) is 4.64. The van der Waals surface area contributed by atoms with Gasteiger partial charge in [-0.3, -0.25) is 4.90 Å². The van der Waals surface area contributed by atoms with Crippen molar-refractivity contribution >= 4 is 0 Å². The first-order chi connectivity index (χ1) is 8.33. The average molecular weight is 239 g/mol. The Kier molecular flexibility index (Phi) is 3.66. The summed E-state index contributed by atoms with van der Waals surface area (Å²) < 4.78 is 5.44. The SMILES string of the molecule is NC1COCC1CN1CCC(N2CCCC2)C1. The van der Waals surface area contributed by atoms with Gasteiger partial charge in [-0.15, -0.1) is 0 Å². The van der Waals surface area contributed by atoms with Gasteiger partial charge in [0, 0.05) is 31.1 Å². The van der Waals surface area contributed by atoms with Crippen LogP contribution in [0.25, 0.3) is 0 Å². The molecule has 0 aromatic carbocycles. The molecule has 3 saturated heterocycles. The van der Waals surface area contributed by atoms with E-state index in [4.69, 9.17) is 10.5 Å². The smallest absolute Gasteiger partial charge is 0.0621 e. The van der Waals surface area contributed by atoms with Gasteiger partial charge in [-0.1, -0.05) is 0 Å². The monoisotopic (exact) mass is 239 g/mol. The van der Waals surface area contributed by atoms with E-state index in [0.29, 0.717) is 5.92 Å². The molecule has 4 heteroatoms. The fourth-order valence-corrected chi connectivity index (χ4v) is 3.52. The zero-order valence-electron chi connectivity index (χ0n) is 10.7. The second-order valence-electron chi connectivity index (χ2n) is 5.91. The van der Waals surface area contributed by atoms with E-state index >= 15 is 0 Å². The molecule has 98 valence electrons. The molecule has 0 spiro atoms. The molecule has 0 saturated carbocycles. The number of likely N-dealkylation sites (tertiary alicyclic amines) is 2. The van der Waals surface area contributed by atoms with Crippen LogP contribution in [-0.2, 0) is 4.74 Å². The molecular formula is C13H25N3O. The zero-order chi connectivity index (χ0) is 11.7. The van der Waals surface area contributed by atoms with Crippen molar-refractivity contribution in [3.63, 3.8) is 0 Å². The van der Waals surface area contributed by atoms with Crippen LogP contribution in [0.5, 0.6) is 0 Å². The zero-order valence-corrected chi connectivity index (χ0v) is 10.7. The van der Waals surface area contributed by atoms with Gasteiger partial charge in [0.2, 0.25) is 0 Å². The minimum atomic E-state index is 0.265. The van der Waals surface area contributed by atoms with Crippen LogP contribution in [0.2, 0.25) is 0 Å². The van der Waals surface area contributed by atoms with Crippen molar-refractivity contribution in [1.29, 1.82) is 0 Å². The third kappa shape index (κ3) is 2.65. The van der Waals surface area contributed by atoms with Crippen LogP contribution < -0.4 is 5.73 Å². The average Bonchev–Trinajstić information content (AvgIpc) is 3.02. The molecule has 0 aromatic rings. The number of rotatable bonds is 3. The van der Waals surface area contributed by atoms with Gasteiger partial charge in [0.25, 0.3) is 0 Å². The number of ether oxygens (including phenoxy) is 1. The Hall–Kier alpha value is -0.160. The van der Waals surface area contributed by atoms with Gasteiger partial charge >= 0.3 is 0 Å². The molecule has 3 aliphatic heterocycles. The third-order valence-electron chi connectivity index (χ3n) is 4.64. The highest BCUT2D eigenvalue weighted by Gasteiger charge is 2.32. The van der Waals surface area contributed by atoms with Gasteiger partial charge in [0.1, 0.15) is 0 Å². The molecule has 3 unspecified atom stereocenters. The highest BCUT2D eigenvalue weighted by atomic mass is 16.5. The van der Waals surface area contributed by atoms with Crippen molar-refractivity contribution in [2.24, 2.45) is 11.7 Å². The second kappa shape index (κ2) is 5.22. The molecule has 0 radical (unpaired) electrons. The highest BCUT2D eigenvalue weighted by Crippen LogP contribution is 2.22. The van der Waals surface area contributed by atoms with E-state index < -0.39 is 0 Å². The van der Waals surface area contributed by atoms with E-state index in [1.165, 1.54) is 45.4 Å². The fraction of sp³-hybridized carbons (Fsp3) is 1.00. The summed E-state index contributed by atoms with van der Waals surface area (Å²) in [7, 11) is 0. The topological polar surface area (TPSA) is 41.7 Å². The fourth-order valence-electron chi connectivity index (χ4n) is 3.52. The standard InChI is InChI=1S/C13H25N3O/c14-13-10-17-9-11(13)7-15-6-3-12(8-15)16-4-1-2-5-16/h11-13H,1-10,14H2. The van der Waals surface area contributed by atoms with Gasteiger partial charge in [-0.05, 0) is 38.9 Å². The molecule has 0 aliphatic carbocycles. The van der Waals surface area contributed by atoms with Gasteiger partial charge in [0.05, 0.1) is 13.2 Å². The van der Waals surface area contributed by atoms with E-state index in [0.717, 1.165) is 25.8 Å². The molecule has 3 aliphatic rings. The van der Waals surface area contributed by atoms with Gasteiger partial charge < -0.3 is 15.4 Å². The molecule has 0 bridgehead atoms. The van der Waals surface area contributed by atoms with Gasteiger partial charge in [-0.25, -0.2) is 0 Å². The maximum absolute atomic E-state index is 6.05. The Balaban J connectivity index is 1.46. The Morgan fingerprint density at radius 3 is 2.65 bits per heavy atom. The lowest BCUT2D eigenvalue weighted by molar-refractivity contribution is 0.169. The molecule has 3 rings (SSSR count). The largest absolute Gasteiger partial charge is 0.379 e. The molecule has 0 amide bonds. The van der Waals surface area contributed by atoms with E-state index in [-0.39, 0.29) is 6.04 Å². The lowest BCUT2D eigenvalue weighted by Crippen LogP contribution is -2.40. The van der Waals surface area contributed by atoms with Crippen LogP contribution in [0.3, 0.4) is 0 Å². The minimum absolute atomic E-state index is 0.265. The number of nitrogens with zero attached hydrogens (tertiary/aromatic N) is 2. The van der Waals surface area contributed by atoms with Crippen molar-refractivity contribution < 1.29 is 4.74 Å². The number of hydrogen-bond acceptors (Lipinski definition) is 4. The number of hydrogen-bond donors (Lipinski definition) is 1. The van der Waals surface area contributed by atoms with E-state index in [1.807, 2.05) is 0 Å². The Labute approximate surface area is 104 Å². The molecule has 4 nitrogen and oxygen atoms in total. The summed E-state index contributed by atoms with van der Waals surface area (Å²) in [5.41, 5.74) is 6.05. The Bertz CT molecular complexity index is 255. The molecule has 17 heavy (non-hydrogen) atoms. The minimum Gasteiger partial charge on any atom is -0.379 e. The van der Waals surface area contributed by atoms with E-state index in [2.05, 4.69) is 9.80 Å². The van der Waals surface area contributed by atoms with Crippen LogP contribution in [0.15, 0.2) is 0 Å². The predicted octanol–water partition coefficient (Wildman–Crippen LogP) is 0.130. The van der Waals surface area contributed by atoms with Crippen LogP contribution in [0, 0.1) is 5.92 Å². The molecule has 3 fully saturated rings. The number of nitrogens with two attached hydrogens (primary N) is 1. The quantitative estimate of drug-likeness (QED) is 0.760. The molecule has 0 aromatic heterocycles. The summed E-state index contributed by atoms with van der Waals surface area (Å²) in [6.07, 6.45) is 4.15. The normalized spacial score (nSPS) is 40.4. The molecule has 3 atom stereocenters. The van der Waals surface area contributed by atoms with E-state index in [9.17, 15) is 0 Å². The maximum atomic E-state index is 6.05.